The summed E-state index contributed by atoms with van der Waals surface area (Å²) in [6.45, 7) is 0. The lowest BCUT2D eigenvalue weighted by atomic mass is 10.1. The number of amides is 1. The number of methoxy groups -OCH3 is 4. The summed E-state index contributed by atoms with van der Waals surface area (Å²) in [4.78, 5) is 12.6. The Balaban J connectivity index is 1.56. The van der Waals surface area contributed by atoms with E-state index in [-0.39, 0.29) is 11.7 Å². The molecular weight excluding hydrogens is 586 g/mol. The van der Waals surface area contributed by atoms with Crippen LogP contribution in [0.3, 0.4) is 0 Å². The van der Waals surface area contributed by atoms with Crippen LogP contribution in [0.15, 0.2) is 75.4 Å². The van der Waals surface area contributed by atoms with Gasteiger partial charge in [0, 0.05) is 11.3 Å². The number of hydrogen-bond acceptors (Lipinski definition) is 9. The fourth-order valence-corrected chi connectivity index (χ4v) is 4.98. The quantitative estimate of drug-likeness (QED) is 0.144. The van der Waals surface area contributed by atoms with Crippen molar-refractivity contribution in [2.45, 2.75) is 5.16 Å². The highest BCUT2D eigenvalue weighted by atomic mass is 79.9. The number of hydrogen-bond donors (Lipinski definition) is 1. The van der Waals surface area contributed by atoms with Crippen LogP contribution >= 0.6 is 27.7 Å². The number of benzene rings is 3. The standard InChI is InChI=1S/C27H26BrN5O5S/c1-35-21-11-10-17(12-20(21)28)15-29-30-24(34)16-39-27-32-31-26(33(27)19-8-6-5-7-9-19)18-13-22(36-2)25(38-4)23(14-18)37-3/h5-15H,16H2,1-4H3,(H,30,34). The van der Waals surface area contributed by atoms with E-state index in [1.54, 1.807) is 46.8 Å². The summed E-state index contributed by atoms with van der Waals surface area (Å²) in [7, 11) is 6.25. The average Bonchev–Trinajstić information content (AvgIpc) is 3.39. The van der Waals surface area contributed by atoms with Crippen LogP contribution in [0.5, 0.6) is 23.0 Å². The molecule has 3 aromatic carbocycles. The minimum absolute atomic E-state index is 0.0733. The second-order valence-corrected chi connectivity index (χ2v) is 9.66. The van der Waals surface area contributed by atoms with E-state index in [1.807, 2.05) is 53.1 Å². The zero-order valence-corrected chi connectivity index (χ0v) is 24.1. The third-order valence-electron chi connectivity index (χ3n) is 5.48. The Morgan fingerprint density at radius 2 is 1.64 bits per heavy atom. The summed E-state index contributed by atoms with van der Waals surface area (Å²) in [5, 5.41) is 13.4. The van der Waals surface area contributed by atoms with Gasteiger partial charge in [0.2, 0.25) is 5.75 Å². The van der Waals surface area contributed by atoms with Crippen molar-refractivity contribution >= 4 is 39.8 Å². The van der Waals surface area contributed by atoms with Gasteiger partial charge < -0.3 is 18.9 Å². The largest absolute Gasteiger partial charge is 0.496 e. The lowest BCUT2D eigenvalue weighted by molar-refractivity contribution is -0.118. The Kier molecular flexibility index (Phi) is 9.45. The van der Waals surface area contributed by atoms with Crippen LogP contribution in [0.4, 0.5) is 0 Å². The molecule has 0 bridgehead atoms. The first-order valence-corrected chi connectivity index (χ1v) is 13.4. The minimum Gasteiger partial charge on any atom is -0.496 e. The highest BCUT2D eigenvalue weighted by molar-refractivity contribution is 9.10. The van der Waals surface area contributed by atoms with Crippen LogP contribution in [-0.4, -0.2) is 61.1 Å². The van der Waals surface area contributed by atoms with Crippen LogP contribution in [0.1, 0.15) is 5.56 Å². The van der Waals surface area contributed by atoms with Crippen LogP contribution in [0.2, 0.25) is 0 Å². The number of nitrogens with one attached hydrogen (secondary N) is 1. The van der Waals surface area contributed by atoms with E-state index < -0.39 is 0 Å². The Labute approximate surface area is 238 Å². The third-order valence-corrected chi connectivity index (χ3v) is 7.03. The van der Waals surface area contributed by atoms with E-state index in [4.69, 9.17) is 18.9 Å². The van der Waals surface area contributed by atoms with Gasteiger partial charge in [-0.25, -0.2) is 5.43 Å². The smallest absolute Gasteiger partial charge is 0.250 e. The molecule has 0 aliphatic carbocycles. The molecule has 1 aromatic heterocycles. The number of carbonyl (C=O) groups is 1. The van der Waals surface area contributed by atoms with Gasteiger partial charge in [-0.15, -0.1) is 10.2 Å². The third kappa shape index (κ3) is 6.52. The van der Waals surface area contributed by atoms with Crippen molar-refractivity contribution in [3.05, 3.63) is 70.7 Å². The number of carbonyl (C=O) groups excluding carboxylic acids is 1. The van der Waals surface area contributed by atoms with Crippen molar-refractivity contribution in [1.82, 2.24) is 20.2 Å². The van der Waals surface area contributed by atoms with Crippen molar-refractivity contribution in [1.29, 1.82) is 0 Å². The van der Waals surface area contributed by atoms with Gasteiger partial charge in [0.05, 0.1) is 44.9 Å². The zero-order chi connectivity index (χ0) is 27.8. The maximum atomic E-state index is 12.6. The minimum atomic E-state index is -0.291. The van der Waals surface area contributed by atoms with Crippen molar-refractivity contribution in [2.75, 3.05) is 34.2 Å². The Morgan fingerprint density at radius 3 is 2.26 bits per heavy atom. The predicted molar refractivity (Wildman–Crippen MR) is 154 cm³/mol. The highest BCUT2D eigenvalue weighted by Crippen LogP contribution is 2.41. The number of aromatic nitrogens is 3. The summed E-state index contributed by atoms with van der Waals surface area (Å²) in [6.07, 6.45) is 1.56. The molecule has 4 aromatic rings. The Hall–Kier alpha value is -4.03. The number of ether oxygens (including phenoxy) is 4. The summed E-state index contributed by atoms with van der Waals surface area (Å²) in [6, 6.07) is 18.7. The number of halogens is 1. The molecule has 1 N–H and O–H groups in total. The average molecular weight is 613 g/mol. The van der Waals surface area contributed by atoms with Gasteiger partial charge in [-0.2, -0.15) is 5.10 Å². The van der Waals surface area contributed by atoms with Crippen molar-refractivity contribution in [2.24, 2.45) is 5.10 Å². The lowest BCUT2D eigenvalue weighted by Crippen LogP contribution is -2.20. The highest BCUT2D eigenvalue weighted by Gasteiger charge is 2.21. The Bertz CT molecular complexity index is 1450. The maximum Gasteiger partial charge on any atom is 0.250 e. The van der Waals surface area contributed by atoms with Gasteiger partial charge in [0.1, 0.15) is 5.75 Å². The molecule has 0 radical (unpaired) electrons. The van der Waals surface area contributed by atoms with Gasteiger partial charge in [-0.05, 0) is 64.0 Å². The molecule has 0 atom stereocenters. The summed E-state index contributed by atoms with van der Waals surface area (Å²) < 4.78 is 24.4. The predicted octanol–water partition coefficient (Wildman–Crippen LogP) is 4.97. The molecule has 0 aliphatic heterocycles. The topological polar surface area (TPSA) is 109 Å². The molecule has 0 fully saturated rings. The molecule has 202 valence electrons. The molecule has 39 heavy (non-hydrogen) atoms. The fourth-order valence-electron chi connectivity index (χ4n) is 3.67. The van der Waals surface area contributed by atoms with E-state index in [0.29, 0.717) is 39.5 Å². The van der Waals surface area contributed by atoms with Crippen LogP contribution < -0.4 is 24.4 Å². The van der Waals surface area contributed by atoms with E-state index in [2.05, 4.69) is 36.7 Å². The molecule has 12 heteroatoms. The number of rotatable bonds is 11. The fraction of sp³-hybridized carbons (Fsp3) is 0.185. The summed E-state index contributed by atoms with van der Waals surface area (Å²) >= 11 is 4.67. The molecule has 4 rings (SSSR count). The Morgan fingerprint density at radius 1 is 0.949 bits per heavy atom. The molecule has 1 amide bonds. The van der Waals surface area contributed by atoms with Crippen molar-refractivity contribution in [3.63, 3.8) is 0 Å². The molecule has 0 unspecified atom stereocenters. The van der Waals surface area contributed by atoms with Crippen LogP contribution in [-0.2, 0) is 4.79 Å². The van der Waals surface area contributed by atoms with Crippen molar-refractivity contribution < 1.29 is 23.7 Å². The van der Waals surface area contributed by atoms with E-state index in [0.717, 1.165) is 15.7 Å². The van der Waals surface area contributed by atoms with Crippen molar-refractivity contribution in [3.8, 4) is 40.1 Å². The number of para-hydroxylation sites is 1. The maximum absolute atomic E-state index is 12.6. The van der Waals surface area contributed by atoms with E-state index in [9.17, 15) is 4.79 Å². The first-order valence-electron chi connectivity index (χ1n) is 11.6. The molecule has 1 heterocycles. The number of nitrogens with zero attached hydrogens (tertiary/aromatic N) is 4. The van der Waals surface area contributed by atoms with Crippen LogP contribution in [0.25, 0.3) is 17.1 Å². The van der Waals surface area contributed by atoms with Gasteiger partial charge in [0.15, 0.2) is 22.5 Å². The molecule has 0 aliphatic rings. The van der Waals surface area contributed by atoms with Crippen LogP contribution in [0, 0.1) is 0 Å². The number of hydrazone groups is 1. The SMILES string of the molecule is COc1ccc(C=NNC(=O)CSc2nnc(-c3cc(OC)c(OC)c(OC)c3)n2-c2ccccc2)cc1Br. The summed E-state index contributed by atoms with van der Waals surface area (Å²) in [5.41, 5.74) is 4.88. The second-order valence-electron chi connectivity index (χ2n) is 7.87. The lowest BCUT2D eigenvalue weighted by Gasteiger charge is -2.15. The van der Waals surface area contributed by atoms with Gasteiger partial charge in [0.25, 0.3) is 5.91 Å². The first-order chi connectivity index (χ1) is 19.0. The first kappa shape index (κ1) is 28.0. The second kappa shape index (κ2) is 13.2. The monoisotopic (exact) mass is 611 g/mol. The molecule has 0 spiro atoms. The van der Waals surface area contributed by atoms with E-state index >= 15 is 0 Å². The number of thioether (sulfide) groups is 1. The van der Waals surface area contributed by atoms with E-state index in [1.165, 1.54) is 11.8 Å². The molecule has 10 nitrogen and oxygen atoms in total. The van der Waals surface area contributed by atoms with Gasteiger partial charge in [-0.3, -0.25) is 9.36 Å². The van der Waals surface area contributed by atoms with Gasteiger partial charge >= 0.3 is 0 Å². The zero-order valence-electron chi connectivity index (χ0n) is 21.7. The summed E-state index contributed by atoms with van der Waals surface area (Å²) in [5.74, 6) is 2.50. The molecule has 0 saturated carbocycles. The molecular formula is C27H26BrN5O5S. The normalized spacial score (nSPS) is 10.9. The molecule has 0 saturated heterocycles. The van der Waals surface area contributed by atoms with Gasteiger partial charge in [-0.1, -0.05) is 30.0 Å².